The summed E-state index contributed by atoms with van der Waals surface area (Å²) in [4.78, 5) is 0. The molecule has 2 atom stereocenters. The third kappa shape index (κ3) is 1.11. The van der Waals surface area contributed by atoms with E-state index in [2.05, 4.69) is 13.0 Å². The molecule has 0 aromatic carbocycles. The molecule has 12 heavy (non-hydrogen) atoms. The second-order valence-electron chi connectivity index (χ2n) is 4.45. The van der Waals surface area contributed by atoms with Gasteiger partial charge in [-0.15, -0.1) is 0 Å². The lowest BCUT2D eigenvalue weighted by Gasteiger charge is -2.43. The van der Waals surface area contributed by atoms with E-state index < -0.39 is 0 Å². The van der Waals surface area contributed by atoms with E-state index in [4.69, 9.17) is 0 Å². The van der Waals surface area contributed by atoms with Crippen molar-refractivity contribution >= 4 is 0 Å². The molecular formula is C11H18O. The number of hydrogen-bond acceptors (Lipinski definition) is 1. The second-order valence-corrected chi connectivity index (χ2v) is 4.45. The minimum atomic E-state index is -0.0715. The number of allylic oxidation sites excluding steroid dienone is 1. The van der Waals surface area contributed by atoms with Crippen LogP contribution in [0.4, 0.5) is 0 Å². The predicted molar refractivity (Wildman–Crippen MR) is 49.9 cm³/mol. The summed E-state index contributed by atoms with van der Waals surface area (Å²) >= 11 is 0. The molecule has 0 aromatic rings. The second kappa shape index (κ2) is 2.88. The topological polar surface area (TPSA) is 20.2 Å². The Morgan fingerprint density at radius 2 is 2.33 bits per heavy atom. The minimum Gasteiger partial charge on any atom is -0.392 e. The van der Waals surface area contributed by atoms with Crippen LogP contribution in [0.3, 0.4) is 0 Å². The Hall–Kier alpha value is -0.300. The van der Waals surface area contributed by atoms with Crippen molar-refractivity contribution in [2.24, 2.45) is 5.41 Å². The van der Waals surface area contributed by atoms with Crippen LogP contribution in [-0.2, 0) is 0 Å². The monoisotopic (exact) mass is 166 g/mol. The number of hydrogen-bond donors (Lipinski definition) is 1. The largest absolute Gasteiger partial charge is 0.392 e. The van der Waals surface area contributed by atoms with Gasteiger partial charge in [-0.3, -0.25) is 0 Å². The van der Waals surface area contributed by atoms with Crippen molar-refractivity contribution in [2.45, 2.75) is 51.6 Å². The van der Waals surface area contributed by atoms with Gasteiger partial charge in [0.15, 0.2) is 0 Å². The Morgan fingerprint density at radius 1 is 1.50 bits per heavy atom. The van der Waals surface area contributed by atoms with Crippen LogP contribution >= 0.6 is 0 Å². The lowest BCUT2D eigenvalue weighted by molar-refractivity contribution is 0.0316. The van der Waals surface area contributed by atoms with Crippen LogP contribution in [0.15, 0.2) is 11.6 Å². The van der Waals surface area contributed by atoms with E-state index in [9.17, 15) is 5.11 Å². The average molecular weight is 166 g/mol. The molecule has 0 saturated heterocycles. The highest BCUT2D eigenvalue weighted by molar-refractivity contribution is 5.20. The summed E-state index contributed by atoms with van der Waals surface area (Å²) in [7, 11) is 0. The smallest absolute Gasteiger partial charge is 0.0633 e. The van der Waals surface area contributed by atoms with E-state index in [-0.39, 0.29) is 11.5 Å². The van der Waals surface area contributed by atoms with E-state index >= 15 is 0 Å². The Morgan fingerprint density at radius 3 is 3.08 bits per heavy atom. The standard InChI is InChI=1S/C11H18O/c1-11-8-3-2-5-9(11)6-4-7-10(11)12/h6,10,12H,2-5,7-8H2,1H3. The molecule has 68 valence electrons. The van der Waals surface area contributed by atoms with Crippen LogP contribution in [0.25, 0.3) is 0 Å². The van der Waals surface area contributed by atoms with Crippen LogP contribution < -0.4 is 0 Å². The van der Waals surface area contributed by atoms with Crippen LogP contribution in [0.5, 0.6) is 0 Å². The lowest BCUT2D eigenvalue weighted by atomic mass is 9.64. The first kappa shape index (κ1) is 8.31. The van der Waals surface area contributed by atoms with Crippen molar-refractivity contribution in [3.63, 3.8) is 0 Å². The number of aliphatic hydroxyl groups excluding tert-OH is 1. The van der Waals surface area contributed by atoms with Crippen LogP contribution in [0, 0.1) is 5.41 Å². The Balaban J connectivity index is 2.27. The molecule has 0 spiro atoms. The summed E-state index contributed by atoms with van der Waals surface area (Å²) in [5.41, 5.74) is 1.68. The van der Waals surface area contributed by atoms with E-state index in [0.717, 1.165) is 12.8 Å². The van der Waals surface area contributed by atoms with Gasteiger partial charge < -0.3 is 5.11 Å². The molecule has 2 unspecified atom stereocenters. The Bertz CT molecular complexity index is 207. The molecular weight excluding hydrogens is 148 g/mol. The van der Waals surface area contributed by atoms with Gasteiger partial charge in [0, 0.05) is 5.41 Å². The van der Waals surface area contributed by atoms with Crippen molar-refractivity contribution in [1.29, 1.82) is 0 Å². The van der Waals surface area contributed by atoms with Gasteiger partial charge in [-0.2, -0.15) is 0 Å². The van der Waals surface area contributed by atoms with E-state index in [1.165, 1.54) is 31.3 Å². The van der Waals surface area contributed by atoms with Gasteiger partial charge in [0.25, 0.3) is 0 Å². The van der Waals surface area contributed by atoms with Crippen molar-refractivity contribution < 1.29 is 5.11 Å². The maximum Gasteiger partial charge on any atom is 0.0633 e. The minimum absolute atomic E-state index is 0.0715. The molecule has 1 saturated carbocycles. The molecule has 0 aromatic heterocycles. The fourth-order valence-electron chi connectivity index (χ4n) is 2.70. The van der Waals surface area contributed by atoms with Crippen molar-refractivity contribution in [2.75, 3.05) is 0 Å². The van der Waals surface area contributed by atoms with Crippen LogP contribution in [0.1, 0.15) is 45.4 Å². The van der Waals surface area contributed by atoms with Crippen molar-refractivity contribution in [3.05, 3.63) is 11.6 Å². The molecule has 1 heteroatoms. The highest BCUT2D eigenvalue weighted by Crippen LogP contribution is 2.46. The average Bonchev–Trinajstić information content (AvgIpc) is 2.07. The van der Waals surface area contributed by atoms with Gasteiger partial charge in [0.1, 0.15) is 0 Å². The zero-order chi connectivity index (χ0) is 8.60. The maximum atomic E-state index is 9.92. The summed E-state index contributed by atoms with van der Waals surface area (Å²) < 4.78 is 0. The lowest BCUT2D eigenvalue weighted by Crippen LogP contribution is -2.38. The number of fused-ring (bicyclic) bond motifs is 1. The highest BCUT2D eigenvalue weighted by atomic mass is 16.3. The van der Waals surface area contributed by atoms with Gasteiger partial charge in [-0.1, -0.05) is 25.0 Å². The summed E-state index contributed by atoms with van der Waals surface area (Å²) in [6.45, 7) is 2.24. The Kier molecular flexibility index (Phi) is 1.99. The third-order valence-corrected chi connectivity index (χ3v) is 3.69. The van der Waals surface area contributed by atoms with Gasteiger partial charge in [0.2, 0.25) is 0 Å². The van der Waals surface area contributed by atoms with Crippen LogP contribution in [-0.4, -0.2) is 11.2 Å². The third-order valence-electron chi connectivity index (χ3n) is 3.69. The molecule has 0 aliphatic heterocycles. The van der Waals surface area contributed by atoms with Crippen LogP contribution in [0.2, 0.25) is 0 Å². The summed E-state index contributed by atoms with van der Waals surface area (Å²) in [6.07, 6.45) is 9.41. The van der Waals surface area contributed by atoms with Gasteiger partial charge in [0.05, 0.1) is 6.10 Å². The summed E-state index contributed by atoms with van der Waals surface area (Å²) in [5.74, 6) is 0. The molecule has 2 aliphatic rings. The quantitative estimate of drug-likeness (QED) is 0.548. The molecule has 2 rings (SSSR count). The summed E-state index contributed by atoms with van der Waals surface area (Å²) in [5, 5.41) is 9.92. The first-order chi connectivity index (χ1) is 5.73. The van der Waals surface area contributed by atoms with Gasteiger partial charge in [-0.05, 0) is 32.1 Å². The summed E-state index contributed by atoms with van der Waals surface area (Å²) in [6, 6.07) is 0. The predicted octanol–water partition coefficient (Wildman–Crippen LogP) is 2.65. The van der Waals surface area contributed by atoms with E-state index in [0.29, 0.717) is 0 Å². The molecule has 1 fully saturated rings. The molecule has 0 amide bonds. The van der Waals surface area contributed by atoms with E-state index in [1.807, 2.05) is 0 Å². The molecule has 1 N–H and O–H groups in total. The fourth-order valence-corrected chi connectivity index (χ4v) is 2.70. The highest BCUT2D eigenvalue weighted by Gasteiger charge is 2.39. The number of rotatable bonds is 0. The molecule has 0 radical (unpaired) electrons. The maximum absolute atomic E-state index is 9.92. The van der Waals surface area contributed by atoms with Crippen molar-refractivity contribution in [1.82, 2.24) is 0 Å². The number of aliphatic hydroxyl groups is 1. The molecule has 0 bridgehead atoms. The van der Waals surface area contributed by atoms with E-state index in [1.54, 1.807) is 0 Å². The fraction of sp³-hybridized carbons (Fsp3) is 0.818. The SMILES string of the molecule is CC12CCCCC1=CCCC2O. The zero-order valence-electron chi connectivity index (χ0n) is 7.84. The van der Waals surface area contributed by atoms with Crippen molar-refractivity contribution in [3.8, 4) is 0 Å². The molecule has 1 nitrogen and oxygen atoms in total. The van der Waals surface area contributed by atoms with Gasteiger partial charge in [-0.25, -0.2) is 0 Å². The first-order valence-electron chi connectivity index (χ1n) is 5.11. The normalized spacial score (nSPS) is 41.8. The van der Waals surface area contributed by atoms with Gasteiger partial charge >= 0.3 is 0 Å². The molecule has 2 aliphatic carbocycles. The first-order valence-corrected chi connectivity index (χ1v) is 5.11. The zero-order valence-corrected chi connectivity index (χ0v) is 7.84. The molecule has 0 heterocycles. The Labute approximate surface area is 74.5 Å².